The zero-order chi connectivity index (χ0) is 19.5. The molecule has 0 amide bonds. The van der Waals surface area contributed by atoms with Crippen molar-refractivity contribution >= 4 is 0 Å². The molecule has 0 spiro atoms. The van der Waals surface area contributed by atoms with Gasteiger partial charge in [0, 0.05) is 43.5 Å². The summed E-state index contributed by atoms with van der Waals surface area (Å²) in [6.45, 7) is 5.45. The van der Waals surface area contributed by atoms with Crippen molar-refractivity contribution in [2.45, 2.75) is 19.6 Å². The highest BCUT2D eigenvalue weighted by atomic mass is 16.5. The van der Waals surface area contributed by atoms with Gasteiger partial charge in [0.1, 0.15) is 11.9 Å². The Morgan fingerprint density at radius 3 is 2.71 bits per heavy atom. The molecule has 0 radical (unpaired) electrons. The first kappa shape index (κ1) is 18.7. The molecule has 1 aromatic carbocycles. The van der Waals surface area contributed by atoms with Crippen molar-refractivity contribution in [3.8, 4) is 17.0 Å². The maximum absolute atomic E-state index is 6.05. The average Bonchev–Trinajstić information content (AvgIpc) is 3.06. The van der Waals surface area contributed by atoms with Gasteiger partial charge in [0.15, 0.2) is 0 Å². The Morgan fingerprint density at radius 1 is 1.18 bits per heavy atom. The minimum absolute atomic E-state index is 0.0241. The van der Waals surface area contributed by atoms with Gasteiger partial charge in [-0.05, 0) is 43.3 Å². The summed E-state index contributed by atoms with van der Waals surface area (Å²) in [5.41, 5.74) is 5.47. The predicted octanol–water partition coefficient (Wildman–Crippen LogP) is 3.37. The molecule has 1 atom stereocenters. The van der Waals surface area contributed by atoms with Crippen molar-refractivity contribution in [2.75, 3.05) is 26.8 Å². The molecular formula is C22H26N4O2. The Bertz CT molecular complexity index is 936. The van der Waals surface area contributed by atoms with Crippen LogP contribution in [0.5, 0.6) is 5.75 Å². The highest BCUT2D eigenvalue weighted by Gasteiger charge is 2.24. The first-order chi connectivity index (χ1) is 13.6. The van der Waals surface area contributed by atoms with Crippen LogP contribution in [0.25, 0.3) is 11.3 Å². The lowest BCUT2D eigenvalue weighted by Crippen LogP contribution is -2.38. The standard InChI is InChI=1S/C22H26N4O2/c1-16-18(13-23-25(16)2)14-26-11-12-28-22(15-26)21-6-4-5-20(24-21)17-7-9-19(27-3)10-8-17/h4-10,13,22H,11-12,14-15H2,1-3H3/t22-/m0/s1. The third kappa shape index (κ3) is 3.93. The number of rotatable bonds is 5. The highest BCUT2D eigenvalue weighted by Crippen LogP contribution is 2.26. The zero-order valence-corrected chi connectivity index (χ0v) is 16.6. The van der Waals surface area contributed by atoms with Crippen molar-refractivity contribution in [1.82, 2.24) is 19.7 Å². The van der Waals surface area contributed by atoms with Gasteiger partial charge in [-0.2, -0.15) is 5.10 Å². The lowest BCUT2D eigenvalue weighted by molar-refractivity contribution is -0.0350. The van der Waals surface area contributed by atoms with Gasteiger partial charge in [-0.1, -0.05) is 6.07 Å². The van der Waals surface area contributed by atoms with Crippen molar-refractivity contribution in [3.63, 3.8) is 0 Å². The van der Waals surface area contributed by atoms with Crippen LogP contribution < -0.4 is 4.74 Å². The van der Waals surface area contributed by atoms with Crippen molar-refractivity contribution in [2.24, 2.45) is 7.05 Å². The van der Waals surface area contributed by atoms with Crippen molar-refractivity contribution < 1.29 is 9.47 Å². The van der Waals surface area contributed by atoms with Gasteiger partial charge in [-0.3, -0.25) is 14.6 Å². The number of hydrogen-bond acceptors (Lipinski definition) is 5. The Balaban J connectivity index is 1.49. The molecule has 1 aliphatic heterocycles. The van der Waals surface area contributed by atoms with E-state index < -0.39 is 0 Å². The van der Waals surface area contributed by atoms with E-state index in [4.69, 9.17) is 14.5 Å². The monoisotopic (exact) mass is 378 g/mol. The van der Waals surface area contributed by atoms with Gasteiger partial charge in [0.2, 0.25) is 0 Å². The number of methoxy groups -OCH3 is 1. The van der Waals surface area contributed by atoms with E-state index in [9.17, 15) is 0 Å². The van der Waals surface area contributed by atoms with Gasteiger partial charge in [0.05, 0.1) is 31.3 Å². The van der Waals surface area contributed by atoms with E-state index in [0.717, 1.165) is 42.3 Å². The van der Waals surface area contributed by atoms with E-state index in [1.807, 2.05) is 48.3 Å². The third-order valence-electron chi connectivity index (χ3n) is 5.37. The molecule has 0 N–H and O–H groups in total. The highest BCUT2D eigenvalue weighted by molar-refractivity contribution is 5.60. The zero-order valence-electron chi connectivity index (χ0n) is 16.6. The number of nitrogens with zero attached hydrogens (tertiary/aromatic N) is 4. The second-order valence-corrected chi connectivity index (χ2v) is 7.15. The Kier molecular flexibility index (Phi) is 5.41. The van der Waals surface area contributed by atoms with Crippen LogP contribution in [0.3, 0.4) is 0 Å². The normalized spacial score (nSPS) is 17.6. The molecule has 1 fully saturated rings. The van der Waals surface area contributed by atoms with E-state index in [2.05, 4.69) is 29.1 Å². The van der Waals surface area contributed by atoms with Gasteiger partial charge in [-0.25, -0.2) is 0 Å². The molecule has 2 aromatic heterocycles. The number of hydrogen-bond donors (Lipinski definition) is 0. The van der Waals surface area contributed by atoms with E-state index >= 15 is 0 Å². The van der Waals surface area contributed by atoms with E-state index in [-0.39, 0.29) is 6.10 Å². The number of benzene rings is 1. The average molecular weight is 378 g/mol. The van der Waals surface area contributed by atoms with Crippen LogP contribution >= 0.6 is 0 Å². The molecule has 0 saturated carbocycles. The van der Waals surface area contributed by atoms with Crippen LogP contribution in [0.1, 0.15) is 23.1 Å². The summed E-state index contributed by atoms with van der Waals surface area (Å²) in [6.07, 6.45) is 1.94. The van der Waals surface area contributed by atoms with Gasteiger partial charge in [-0.15, -0.1) is 0 Å². The maximum atomic E-state index is 6.05. The van der Waals surface area contributed by atoms with Crippen LogP contribution in [0.2, 0.25) is 0 Å². The lowest BCUT2D eigenvalue weighted by atomic mass is 10.1. The fourth-order valence-electron chi connectivity index (χ4n) is 3.52. The minimum Gasteiger partial charge on any atom is -0.497 e. The molecule has 1 saturated heterocycles. The molecule has 3 heterocycles. The van der Waals surface area contributed by atoms with Crippen LogP contribution in [0.4, 0.5) is 0 Å². The van der Waals surface area contributed by atoms with Gasteiger partial charge < -0.3 is 9.47 Å². The summed E-state index contributed by atoms with van der Waals surface area (Å²) in [5.74, 6) is 0.844. The Hall–Kier alpha value is -2.70. The van der Waals surface area contributed by atoms with Crippen LogP contribution in [0.15, 0.2) is 48.7 Å². The number of ether oxygens (including phenoxy) is 2. The van der Waals surface area contributed by atoms with E-state index in [0.29, 0.717) is 6.61 Å². The minimum atomic E-state index is -0.0241. The van der Waals surface area contributed by atoms with Crippen molar-refractivity contribution in [3.05, 3.63) is 65.6 Å². The molecule has 3 aromatic rings. The Labute approximate surface area is 165 Å². The first-order valence-electron chi connectivity index (χ1n) is 9.57. The topological polar surface area (TPSA) is 52.4 Å². The number of pyridine rings is 1. The van der Waals surface area contributed by atoms with Crippen LogP contribution in [-0.4, -0.2) is 46.5 Å². The number of morpholine rings is 1. The van der Waals surface area contributed by atoms with Gasteiger partial charge >= 0.3 is 0 Å². The summed E-state index contributed by atoms with van der Waals surface area (Å²) < 4.78 is 13.2. The molecule has 4 rings (SSSR count). The molecule has 0 bridgehead atoms. The maximum Gasteiger partial charge on any atom is 0.118 e. The fourth-order valence-corrected chi connectivity index (χ4v) is 3.52. The first-order valence-corrected chi connectivity index (χ1v) is 9.57. The third-order valence-corrected chi connectivity index (χ3v) is 5.37. The molecule has 6 heteroatoms. The molecular weight excluding hydrogens is 352 g/mol. The second-order valence-electron chi connectivity index (χ2n) is 7.15. The smallest absolute Gasteiger partial charge is 0.118 e. The molecule has 0 unspecified atom stereocenters. The molecule has 6 nitrogen and oxygen atoms in total. The number of aryl methyl sites for hydroxylation is 1. The molecule has 1 aliphatic rings. The Morgan fingerprint density at radius 2 is 2.00 bits per heavy atom. The molecule has 0 aliphatic carbocycles. The predicted molar refractivity (Wildman–Crippen MR) is 108 cm³/mol. The van der Waals surface area contributed by atoms with E-state index in [1.54, 1.807) is 7.11 Å². The van der Waals surface area contributed by atoms with Crippen LogP contribution in [-0.2, 0) is 18.3 Å². The SMILES string of the molecule is COc1ccc(-c2cccc([C@@H]3CN(Cc4cnn(C)c4C)CCO3)n2)cc1. The van der Waals surface area contributed by atoms with Crippen LogP contribution in [0, 0.1) is 6.92 Å². The molecule has 146 valence electrons. The summed E-state index contributed by atoms with van der Waals surface area (Å²) >= 11 is 0. The summed E-state index contributed by atoms with van der Waals surface area (Å²) in [6, 6.07) is 14.1. The quantitative estimate of drug-likeness (QED) is 0.681. The fraction of sp³-hybridized carbons (Fsp3) is 0.364. The molecule has 28 heavy (non-hydrogen) atoms. The number of aromatic nitrogens is 3. The summed E-state index contributed by atoms with van der Waals surface area (Å²) in [5, 5.41) is 4.35. The largest absolute Gasteiger partial charge is 0.497 e. The lowest BCUT2D eigenvalue weighted by Gasteiger charge is -2.32. The van der Waals surface area contributed by atoms with Crippen molar-refractivity contribution in [1.29, 1.82) is 0 Å². The van der Waals surface area contributed by atoms with Gasteiger partial charge in [0.25, 0.3) is 0 Å². The summed E-state index contributed by atoms with van der Waals surface area (Å²) in [4.78, 5) is 7.29. The summed E-state index contributed by atoms with van der Waals surface area (Å²) in [7, 11) is 3.66. The van der Waals surface area contributed by atoms with E-state index in [1.165, 1.54) is 11.3 Å². The second kappa shape index (κ2) is 8.12.